The van der Waals surface area contributed by atoms with Crippen LogP contribution in [0.15, 0.2) is 30.3 Å². The summed E-state index contributed by atoms with van der Waals surface area (Å²) in [5.74, 6) is -3.52. The van der Waals surface area contributed by atoms with Gasteiger partial charge in [0.2, 0.25) is 0 Å². The third-order valence-electron chi connectivity index (χ3n) is 3.29. The predicted octanol–water partition coefficient (Wildman–Crippen LogP) is 4.25. The molecule has 0 amide bonds. The molecule has 112 valence electrons. The van der Waals surface area contributed by atoms with Crippen molar-refractivity contribution in [1.29, 1.82) is 0 Å². The minimum atomic E-state index is -1.04. The van der Waals surface area contributed by atoms with Crippen molar-refractivity contribution in [2.45, 2.75) is 19.9 Å². The Balaban J connectivity index is 2.59. The van der Waals surface area contributed by atoms with Crippen molar-refractivity contribution in [2.24, 2.45) is 0 Å². The van der Waals surface area contributed by atoms with Gasteiger partial charge in [-0.25, -0.2) is 17.6 Å². The van der Waals surface area contributed by atoms with Gasteiger partial charge in [-0.3, -0.25) is 0 Å². The van der Waals surface area contributed by atoms with E-state index >= 15 is 0 Å². The van der Waals surface area contributed by atoms with E-state index in [0.29, 0.717) is 6.54 Å². The minimum absolute atomic E-state index is 0.0123. The molecule has 21 heavy (non-hydrogen) atoms. The molecular formula is C16H15F4N. The summed E-state index contributed by atoms with van der Waals surface area (Å²) in [6.07, 6.45) is 0. The van der Waals surface area contributed by atoms with E-state index in [9.17, 15) is 17.6 Å². The molecule has 0 heterocycles. The van der Waals surface area contributed by atoms with Crippen molar-refractivity contribution < 1.29 is 17.6 Å². The molecule has 0 aliphatic carbocycles. The van der Waals surface area contributed by atoms with Gasteiger partial charge >= 0.3 is 0 Å². The van der Waals surface area contributed by atoms with Crippen LogP contribution in [0.25, 0.3) is 0 Å². The molecule has 0 spiro atoms. The highest BCUT2D eigenvalue weighted by Crippen LogP contribution is 2.29. The molecule has 2 aromatic carbocycles. The normalized spacial score (nSPS) is 12.5. The van der Waals surface area contributed by atoms with Crippen LogP contribution in [-0.4, -0.2) is 6.54 Å². The topological polar surface area (TPSA) is 12.0 Å². The molecule has 2 aromatic rings. The highest BCUT2D eigenvalue weighted by molar-refractivity contribution is 5.36. The molecule has 5 heteroatoms. The minimum Gasteiger partial charge on any atom is -0.306 e. The van der Waals surface area contributed by atoms with Crippen molar-refractivity contribution >= 4 is 0 Å². The average Bonchev–Trinajstić information content (AvgIpc) is 2.44. The van der Waals surface area contributed by atoms with E-state index in [0.717, 1.165) is 12.1 Å². The molecule has 0 bridgehead atoms. The Morgan fingerprint density at radius 3 is 2.33 bits per heavy atom. The first-order chi connectivity index (χ1) is 9.95. The van der Waals surface area contributed by atoms with E-state index in [1.165, 1.54) is 25.1 Å². The maximum Gasteiger partial charge on any atom is 0.163 e. The highest BCUT2D eigenvalue weighted by atomic mass is 19.2. The van der Waals surface area contributed by atoms with Gasteiger partial charge in [-0.05, 0) is 31.2 Å². The second kappa shape index (κ2) is 6.26. The van der Waals surface area contributed by atoms with Crippen molar-refractivity contribution in [3.05, 3.63) is 70.3 Å². The maximum absolute atomic E-state index is 14.0. The summed E-state index contributed by atoms with van der Waals surface area (Å²) in [7, 11) is 0. The van der Waals surface area contributed by atoms with Crippen LogP contribution in [0.4, 0.5) is 17.6 Å². The van der Waals surface area contributed by atoms with E-state index < -0.39 is 29.3 Å². The van der Waals surface area contributed by atoms with Gasteiger partial charge in [-0.1, -0.05) is 19.1 Å². The van der Waals surface area contributed by atoms with E-state index in [2.05, 4.69) is 5.32 Å². The van der Waals surface area contributed by atoms with Gasteiger partial charge in [0.25, 0.3) is 0 Å². The van der Waals surface area contributed by atoms with Gasteiger partial charge in [0, 0.05) is 17.2 Å². The largest absolute Gasteiger partial charge is 0.306 e. The summed E-state index contributed by atoms with van der Waals surface area (Å²) in [5, 5.41) is 2.90. The molecule has 2 rings (SSSR count). The molecule has 0 fully saturated rings. The summed E-state index contributed by atoms with van der Waals surface area (Å²) in [6.45, 7) is 3.66. The van der Waals surface area contributed by atoms with Crippen LogP contribution >= 0.6 is 0 Å². The van der Waals surface area contributed by atoms with Crippen LogP contribution in [0.1, 0.15) is 29.7 Å². The van der Waals surface area contributed by atoms with E-state index in [1.807, 2.05) is 0 Å². The molecule has 1 nitrogen and oxygen atoms in total. The first kappa shape index (κ1) is 15.5. The fraction of sp³-hybridized carbons (Fsp3) is 0.250. The lowest BCUT2D eigenvalue weighted by atomic mass is 9.96. The molecule has 1 unspecified atom stereocenters. The van der Waals surface area contributed by atoms with E-state index in [4.69, 9.17) is 0 Å². The van der Waals surface area contributed by atoms with E-state index in [-0.39, 0.29) is 16.7 Å². The average molecular weight is 297 g/mol. The summed E-state index contributed by atoms with van der Waals surface area (Å²) < 4.78 is 54.7. The summed E-state index contributed by atoms with van der Waals surface area (Å²) in [5.41, 5.74) is 0.313. The van der Waals surface area contributed by atoms with Crippen LogP contribution < -0.4 is 5.32 Å². The molecule has 0 aliphatic heterocycles. The molecule has 0 saturated heterocycles. The van der Waals surface area contributed by atoms with Gasteiger partial charge in [0.1, 0.15) is 11.6 Å². The predicted molar refractivity (Wildman–Crippen MR) is 73.0 cm³/mol. The van der Waals surface area contributed by atoms with E-state index in [1.54, 1.807) is 6.92 Å². The summed E-state index contributed by atoms with van der Waals surface area (Å²) in [6, 6.07) is 4.91. The number of hydrogen-bond acceptors (Lipinski definition) is 1. The number of aryl methyl sites for hydroxylation is 1. The first-order valence-corrected chi connectivity index (χ1v) is 6.58. The molecule has 0 radical (unpaired) electrons. The number of nitrogens with one attached hydrogen (secondary N) is 1. The Hall–Kier alpha value is -1.88. The van der Waals surface area contributed by atoms with Crippen LogP contribution in [0.2, 0.25) is 0 Å². The molecule has 0 aromatic heterocycles. The van der Waals surface area contributed by atoms with Gasteiger partial charge in [-0.2, -0.15) is 0 Å². The SMILES string of the molecule is CCNC(c1cc(C)c(F)cc1F)c1cccc(F)c1F. The van der Waals surface area contributed by atoms with Crippen molar-refractivity contribution in [3.8, 4) is 0 Å². The molecular weight excluding hydrogens is 282 g/mol. The second-order valence-corrected chi connectivity index (χ2v) is 4.76. The standard InChI is InChI=1S/C16H15F4N/c1-3-21-16(10-5-4-6-12(17)15(10)20)11-7-9(2)13(18)8-14(11)19/h4-8,16,21H,3H2,1-2H3. The van der Waals surface area contributed by atoms with Crippen LogP contribution in [0, 0.1) is 30.2 Å². The molecule has 0 saturated carbocycles. The maximum atomic E-state index is 14.0. The lowest BCUT2D eigenvalue weighted by molar-refractivity contribution is 0.475. The zero-order chi connectivity index (χ0) is 15.6. The highest BCUT2D eigenvalue weighted by Gasteiger charge is 2.23. The quantitative estimate of drug-likeness (QED) is 0.832. The Kier molecular flexibility index (Phi) is 4.63. The second-order valence-electron chi connectivity index (χ2n) is 4.76. The Morgan fingerprint density at radius 1 is 0.952 bits per heavy atom. The number of rotatable bonds is 4. The van der Waals surface area contributed by atoms with Crippen LogP contribution in [0.5, 0.6) is 0 Å². The van der Waals surface area contributed by atoms with Crippen LogP contribution in [0.3, 0.4) is 0 Å². The smallest absolute Gasteiger partial charge is 0.163 e. The Morgan fingerprint density at radius 2 is 1.67 bits per heavy atom. The zero-order valence-corrected chi connectivity index (χ0v) is 11.7. The zero-order valence-electron chi connectivity index (χ0n) is 11.7. The molecule has 1 N–H and O–H groups in total. The summed E-state index contributed by atoms with van der Waals surface area (Å²) in [4.78, 5) is 0. The monoisotopic (exact) mass is 297 g/mol. The van der Waals surface area contributed by atoms with Gasteiger partial charge in [0.15, 0.2) is 11.6 Å². The number of hydrogen-bond donors (Lipinski definition) is 1. The Labute approximate surface area is 120 Å². The van der Waals surface area contributed by atoms with Gasteiger partial charge in [0.05, 0.1) is 6.04 Å². The van der Waals surface area contributed by atoms with Gasteiger partial charge < -0.3 is 5.32 Å². The molecule has 0 aliphatic rings. The number of halogens is 4. The third-order valence-corrected chi connectivity index (χ3v) is 3.29. The van der Waals surface area contributed by atoms with Crippen molar-refractivity contribution in [1.82, 2.24) is 5.32 Å². The molecule has 1 atom stereocenters. The Bertz CT molecular complexity index is 655. The van der Waals surface area contributed by atoms with Crippen molar-refractivity contribution in [3.63, 3.8) is 0 Å². The summed E-state index contributed by atoms with van der Waals surface area (Å²) >= 11 is 0. The van der Waals surface area contributed by atoms with Crippen molar-refractivity contribution in [2.75, 3.05) is 6.54 Å². The fourth-order valence-electron chi connectivity index (χ4n) is 2.24. The lowest BCUT2D eigenvalue weighted by Crippen LogP contribution is -2.24. The van der Waals surface area contributed by atoms with Crippen LogP contribution in [-0.2, 0) is 0 Å². The van der Waals surface area contributed by atoms with Gasteiger partial charge in [-0.15, -0.1) is 0 Å². The fourth-order valence-corrected chi connectivity index (χ4v) is 2.24. The lowest BCUT2D eigenvalue weighted by Gasteiger charge is -2.21. The number of benzene rings is 2. The third kappa shape index (κ3) is 3.08. The first-order valence-electron chi connectivity index (χ1n) is 6.58.